The summed E-state index contributed by atoms with van der Waals surface area (Å²) in [6, 6.07) is 0. The molecule has 2 aliphatic heterocycles. The lowest BCUT2D eigenvalue weighted by molar-refractivity contribution is -0.129. The number of nitrogens with one attached hydrogen (secondary N) is 1. The van der Waals surface area contributed by atoms with Crippen molar-refractivity contribution in [2.75, 3.05) is 26.7 Å². The van der Waals surface area contributed by atoms with Gasteiger partial charge in [-0.15, -0.1) is 0 Å². The Morgan fingerprint density at radius 2 is 2.00 bits per heavy atom. The third-order valence-corrected chi connectivity index (χ3v) is 5.12. The van der Waals surface area contributed by atoms with E-state index in [0.29, 0.717) is 11.3 Å². The minimum atomic E-state index is 0.319. The van der Waals surface area contributed by atoms with Crippen LogP contribution in [-0.2, 0) is 11.3 Å². The largest absolute Gasteiger partial charge is 0.348 e. The minimum absolute atomic E-state index is 0.319. The number of amides is 1. The molecule has 2 saturated heterocycles. The van der Waals surface area contributed by atoms with Crippen molar-refractivity contribution < 1.29 is 4.79 Å². The van der Waals surface area contributed by atoms with Gasteiger partial charge in [0.2, 0.25) is 5.91 Å². The van der Waals surface area contributed by atoms with E-state index >= 15 is 0 Å². The molecule has 1 aromatic heterocycles. The summed E-state index contributed by atoms with van der Waals surface area (Å²) in [7, 11) is 1.94. The van der Waals surface area contributed by atoms with Crippen LogP contribution in [0, 0.1) is 5.41 Å². The molecule has 1 N–H and O–H groups in total. The highest BCUT2D eigenvalue weighted by Crippen LogP contribution is 2.41. The number of piperidine rings is 1. The van der Waals surface area contributed by atoms with Gasteiger partial charge in [-0.25, -0.2) is 4.98 Å². The predicted octanol–water partition coefficient (Wildman–Crippen LogP) is 1.63. The van der Waals surface area contributed by atoms with Gasteiger partial charge >= 0.3 is 0 Å². The molecule has 0 aliphatic carbocycles. The third-order valence-electron chi connectivity index (χ3n) is 5.12. The second kappa shape index (κ2) is 5.56. The number of imidazole rings is 1. The molecule has 5 heteroatoms. The third kappa shape index (κ3) is 2.87. The lowest BCUT2D eigenvalue weighted by atomic mass is 9.73. The van der Waals surface area contributed by atoms with Crippen LogP contribution >= 0.6 is 0 Å². The number of H-pyrrole nitrogens is 1. The van der Waals surface area contributed by atoms with Crippen molar-refractivity contribution in [2.45, 2.75) is 38.6 Å². The number of likely N-dealkylation sites (tertiary alicyclic amines) is 2. The van der Waals surface area contributed by atoms with Crippen LogP contribution in [0.15, 0.2) is 12.4 Å². The zero-order valence-corrected chi connectivity index (χ0v) is 12.3. The number of carbonyl (C=O) groups excluding carboxylic acids is 1. The van der Waals surface area contributed by atoms with E-state index in [1.807, 2.05) is 24.3 Å². The average molecular weight is 276 g/mol. The van der Waals surface area contributed by atoms with Crippen LogP contribution in [0.25, 0.3) is 0 Å². The zero-order valence-electron chi connectivity index (χ0n) is 12.3. The van der Waals surface area contributed by atoms with Crippen LogP contribution < -0.4 is 0 Å². The van der Waals surface area contributed by atoms with E-state index in [-0.39, 0.29) is 0 Å². The number of rotatable bonds is 2. The molecule has 1 amide bonds. The molecule has 0 saturated carbocycles. The van der Waals surface area contributed by atoms with Gasteiger partial charge in [0.15, 0.2) is 0 Å². The molecule has 0 radical (unpaired) electrons. The van der Waals surface area contributed by atoms with E-state index in [1.54, 1.807) is 0 Å². The van der Waals surface area contributed by atoms with Gasteiger partial charge in [0.1, 0.15) is 5.82 Å². The summed E-state index contributed by atoms with van der Waals surface area (Å²) in [6.07, 6.45) is 9.11. The lowest BCUT2D eigenvalue weighted by Crippen LogP contribution is -2.40. The van der Waals surface area contributed by atoms with Crippen molar-refractivity contribution in [2.24, 2.45) is 5.41 Å². The van der Waals surface area contributed by atoms with Gasteiger partial charge in [0, 0.05) is 32.4 Å². The summed E-state index contributed by atoms with van der Waals surface area (Å²) in [5.74, 6) is 1.37. The Bertz CT molecular complexity index is 448. The molecule has 110 valence electrons. The predicted molar refractivity (Wildman–Crippen MR) is 77.0 cm³/mol. The summed E-state index contributed by atoms with van der Waals surface area (Å²) >= 11 is 0. The van der Waals surface area contributed by atoms with E-state index in [9.17, 15) is 4.79 Å². The first kappa shape index (κ1) is 13.6. The molecule has 5 nitrogen and oxygen atoms in total. The second-order valence-corrected chi connectivity index (χ2v) is 6.38. The monoisotopic (exact) mass is 276 g/mol. The molecule has 0 bridgehead atoms. The number of nitrogens with zero attached hydrogens (tertiary/aromatic N) is 3. The van der Waals surface area contributed by atoms with E-state index in [4.69, 9.17) is 0 Å². The highest BCUT2D eigenvalue weighted by molar-refractivity contribution is 5.76. The number of hydrogen-bond donors (Lipinski definition) is 1. The van der Waals surface area contributed by atoms with Gasteiger partial charge in [0.25, 0.3) is 0 Å². The van der Waals surface area contributed by atoms with E-state index in [0.717, 1.165) is 44.8 Å². The fourth-order valence-electron chi connectivity index (χ4n) is 3.50. The van der Waals surface area contributed by atoms with Crippen molar-refractivity contribution in [3.05, 3.63) is 18.2 Å². The topological polar surface area (TPSA) is 52.2 Å². The average Bonchev–Trinajstić information content (AvgIpc) is 2.93. The van der Waals surface area contributed by atoms with Gasteiger partial charge in [-0.3, -0.25) is 9.69 Å². The van der Waals surface area contributed by atoms with Crippen LogP contribution in [0.2, 0.25) is 0 Å². The lowest BCUT2D eigenvalue weighted by Gasteiger charge is -2.41. The second-order valence-electron chi connectivity index (χ2n) is 6.38. The fraction of sp³-hybridized carbons (Fsp3) is 0.733. The summed E-state index contributed by atoms with van der Waals surface area (Å²) in [5.41, 5.74) is 0.403. The molecule has 0 aromatic carbocycles. The maximum atomic E-state index is 11.8. The molecule has 0 atom stereocenters. The van der Waals surface area contributed by atoms with Gasteiger partial charge in [-0.1, -0.05) is 0 Å². The highest BCUT2D eigenvalue weighted by Gasteiger charge is 2.37. The Morgan fingerprint density at radius 1 is 1.25 bits per heavy atom. The molecule has 1 spiro atoms. The van der Waals surface area contributed by atoms with E-state index in [2.05, 4.69) is 14.9 Å². The van der Waals surface area contributed by atoms with Crippen molar-refractivity contribution in [1.29, 1.82) is 0 Å². The first-order chi connectivity index (χ1) is 9.67. The smallest absolute Gasteiger partial charge is 0.222 e. The Morgan fingerprint density at radius 3 is 2.70 bits per heavy atom. The van der Waals surface area contributed by atoms with Gasteiger partial charge in [0.05, 0.1) is 6.54 Å². The molecule has 0 unspecified atom stereocenters. The Balaban J connectivity index is 1.56. The van der Waals surface area contributed by atoms with Gasteiger partial charge in [-0.05, 0) is 44.2 Å². The maximum absolute atomic E-state index is 11.8. The standard InChI is InChI=1S/C15H24N4O/c1-18-9-4-15(3-2-14(18)20)5-10-19(11-6-15)12-13-16-7-8-17-13/h7-8H,2-6,9-12H2,1H3,(H,16,17). The number of hydrogen-bond acceptors (Lipinski definition) is 3. The van der Waals surface area contributed by atoms with Crippen LogP contribution in [0.1, 0.15) is 37.9 Å². The Kier molecular flexibility index (Phi) is 3.78. The molecule has 3 heterocycles. The Labute approximate surface area is 120 Å². The van der Waals surface area contributed by atoms with Crippen molar-refractivity contribution in [1.82, 2.24) is 19.8 Å². The summed E-state index contributed by atoms with van der Waals surface area (Å²) in [4.78, 5) is 23.7. The first-order valence-electron chi connectivity index (χ1n) is 7.61. The first-order valence-corrected chi connectivity index (χ1v) is 7.61. The van der Waals surface area contributed by atoms with Gasteiger partial charge < -0.3 is 9.88 Å². The minimum Gasteiger partial charge on any atom is -0.348 e. The molecule has 2 aliphatic rings. The zero-order chi connectivity index (χ0) is 14.0. The number of aromatic nitrogens is 2. The summed E-state index contributed by atoms with van der Waals surface area (Å²) in [6.45, 7) is 4.09. The molecular formula is C15H24N4O. The van der Waals surface area contributed by atoms with Crippen LogP contribution in [0.4, 0.5) is 0 Å². The summed E-state index contributed by atoms with van der Waals surface area (Å²) in [5, 5.41) is 0. The molecule has 2 fully saturated rings. The Hall–Kier alpha value is -1.36. The van der Waals surface area contributed by atoms with E-state index in [1.165, 1.54) is 19.3 Å². The molecular weight excluding hydrogens is 252 g/mol. The fourth-order valence-corrected chi connectivity index (χ4v) is 3.50. The SMILES string of the molecule is CN1CCC2(CCC1=O)CCN(Cc1ncc[nH]1)CC2. The van der Waals surface area contributed by atoms with Crippen molar-refractivity contribution in [3.8, 4) is 0 Å². The maximum Gasteiger partial charge on any atom is 0.222 e. The molecule has 1 aromatic rings. The quantitative estimate of drug-likeness (QED) is 0.893. The van der Waals surface area contributed by atoms with Crippen LogP contribution in [0.5, 0.6) is 0 Å². The van der Waals surface area contributed by atoms with Crippen LogP contribution in [-0.4, -0.2) is 52.4 Å². The number of aromatic amines is 1. The summed E-state index contributed by atoms with van der Waals surface area (Å²) < 4.78 is 0. The van der Waals surface area contributed by atoms with Gasteiger partial charge in [-0.2, -0.15) is 0 Å². The normalized spacial score (nSPS) is 24.1. The van der Waals surface area contributed by atoms with Crippen molar-refractivity contribution >= 4 is 5.91 Å². The number of carbonyl (C=O) groups is 1. The van der Waals surface area contributed by atoms with E-state index < -0.39 is 0 Å². The highest BCUT2D eigenvalue weighted by atomic mass is 16.2. The van der Waals surface area contributed by atoms with Crippen LogP contribution in [0.3, 0.4) is 0 Å². The van der Waals surface area contributed by atoms with Crippen molar-refractivity contribution in [3.63, 3.8) is 0 Å². The molecule has 3 rings (SSSR count). The molecule has 20 heavy (non-hydrogen) atoms.